The summed E-state index contributed by atoms with van der Waals surface area (Å²) in [5, 5.41) is 0. The van der Waals surface area contributed by atoms with Crippen molar-refractivity contribution in [3.05, 3.63) is 65.9 Å². The number of para-hydroxylation sites is 1. The molecule has 2 aromatic carbocycles. The van der Waals surface area contributed by atoms with Gasteiger partial charge < -0.3 is 19.3 Å². The van der Waals surface area contributed by atoms with Crippen molar-refractivity contribution in [3.8, 4) is 11.5 Å². The third kappa shape index (κ3) is 5.03. The first kappa shape index (κ1) is 22.1. The van der Waals surface area contributed by atoms with Crippen LogP contribution in [0.2, 0.25) is 0 Å². The molecule has 0 spiro atoms. The van der Waals surface area contributed by atoms with Gasteiger partial charge in [-0.3, -0.25) is 0 Å². The van der Waals surface area contributed by atoms with Gasteiger partial charge in [-0.25, -0.2) is 13.6 Å². The zero-order valence-corrected chi connectivity index (χ0v) is 18.6. The quantitative estimate of drug-likeness (QED) is 0.599. The molecule has 0 radical (unpaired) electrons. The molecule has 0 aliphatic carbocycles. The monoisotopic (exact) mass is 442 g/mol. The molecular formula is C25H28F2N2O3. The molecule has 1 saturated heterocycles. The third-order valence-corrected chi connectivity index (χ3v) is 5.61. The second-order valence-electron chi connectivity index (χ2n) is 9.19. The maximum absolute atomic E-state index is 13.8. The fourth-order valence-electron chi connectivity index (χ4n) is 4.03. The van der Waals surface area contributed by atoms with Crippen LogP contribution >= 0.6 is 0 Å². The molecule has 2 heterocycles. The Morgan fingerprint density at radius 3 is 2.38 bits per heavy atom. The van der Waals surface area contributed by atoms with E-state index in [1.165, 1.54) is 11.6 Å². The van der Waals surface area contributed by atoms with E-state index in [1.54, 1.807) is 17.0 Å². The van der Waals surface area contributed by atoms with Crippen molar-refractivity contribution in [2.24, 2.45) is 0 Å². The fraction of sp³-hybridized carbons (Fsp3) is 0.400. The summed E-state index contributed by atoms with van der Waals surface area (Å²) in [6, 6.07) is 11.1. The number of likely N-dealkylation sites (tertiary alicyclic amines) is 1. The van der Waals surface area contributed by atoms with Crippen molar-refractivity contribution in [1.29, 1.82) is 0 Å². The lowest BCUT2D eigenvalue weighted by molar-refractivity contribution is 0.0285. The number of carbonyl (C=O) groups is 1. The van der Waals surface area contributed by atoms with Crippen LogP contribution < -0.4 is 4.74 Å². The normalized spacial score (nSPS) is 18.7. The minimum Gasteiger partial charge on any atom is -0.451 e. The second-order valence-corrected chi connectivity index (χ2v) is 9.19. The van der Waals surface area contributed by atoms with Crippen molar-refractivity contribution in [1.82, 2.24) is 9.80 Å². The summed E-state index contributed by atoms with van der Waals surface area (Å²) in [4.78, 5) is 16.4. The Morgan fingerprint density at radius 2 is 1.72 bits per heavy atom. The summed E-state index contributed by atoms with van der Waals surface area (Å²) < 4.78 is 38.5. The van der Waals surface area contributed by atoms with Crippen LogP contribution in [0.3, 0.4) is 0 Å². The van der Waals surface area contributed by atoms with Gasteiger partial charge in [-0.1, -0.05) is 18.2 Å². The topological polar surface area (TPSA) is 42.0 Å². The maximum atomic E-state index is 13.8. The maximum Gasteiger partial charge on any atom is 0.410 e. The van der Waals surface area contributed by atoms with Gasteiger partial charge in [-0.15, -0.1) is 0 Å². The molecule has 1 atom stereocenters. The van der Waals surface area contributed by atoms with Crippen LogP contribution in [0.4, 0.5) is 13.6 Å². The van der Waals surface area contributed by atoms with Gasteiger partial charge in [-0.2, -0.15) is 0 Å². The molecule has 32 heavy (non-hydrogen) atoms. The molecule has 0 aromatic heterocycles. The summed E-state index contributed by atoms with van der Waals surface area (Å²) in [5.41, 5.74) is 1.73. The molecule has 2 aliphatic heterocycles. The Labute approximate surface area is 187 Å². The first-order chi connectivity index (χ1) is 15.2. The second kappa shape index (κ2) is 8.81. The molecular weight excluding hydrogens is 414 g/mol. The third-order valence-electron chi connectivity index (χ3n) is 5.61. The van der Waals surface area contributed by atoms with Gasteiger partial charge in [0, 0.05) is 31.9 Å². The van der Waals surface area contributed by atoms with Crippen LogP contribution in [0.1, 0.15) is 39.2 Å². The van der Waals surface area contributed by atoms with E-state index in [1.807, 2.05) is 32.9 Å². The lowest BCUT2D eigenvalue weighted by Crippen LogP contribution is -2.38. The van der Waals surface area contributed by atoms with Gasteiger partial charge in [0.2, 0.25) is 0 Å². The van der Waals surface area contributed by atoms with Crippen LogP contribution in [0.15, 0.2) is 48.7 Å². The van der Waals surface area contributed by atoms with Crippen LogP contribution in [0, 0.1) is 11.6 Å². The van der Waals surface area contributed by atoms with Gasteiger partial charge >= 0.3 is 6.09 Å². The number of carbonyl (C=O) groups excluding carboxylic acids is 1. The average molecular weight is 443 g/mol. The molecule has 0 bridgehead atoms. The van der Waals surface area contributed by atoms with E-state index < -0.39 is 23.0 Å². The first-order valence-corrected chi connectivity index (χ1v) is 10.9. The first-order valence-electron chi connectivity index (χ1n) is 10.9. The van der Waals surface area contributed by atoms with E-state index in [2.05, 4.69) is 11.1 Å². The molecule has 0 saturated carbocycles. The number of hydrogen-bond acceptors (Lipinski definition) is 4. The summed E-state index contributed by atoms with van der Waals surface area (Å²) in [5.74, 6) is -1.50. The summed E-state index contributed by atoms with van der Waals surface area (Å²) in [6.45, 7) is 7.85. The lowest BCUT2D eigenvalue weighted by Gasteiger charge is -2.26. The number of halogens is 2. The molecule has 2 aromatic rings. The van der Waals surface area contributed by atoms with Crippen molar-refractivity contribution >= 4 is 11.7 Å². The predicted molar refractivity (Wildman–Crippen MR) is 118 cm³/mol. The SMILES string of the molecule is CC(C)(C)OC(=O)N1CC[C@@H](N2C=C(c3ccc(Oc4c(F)cccc4F)cc3)CC2)C1. The average Bonchev–Trinajstić information content (AvgIpc) is 3.40. The summed E-state index contributed by atoms with van der Waals surface area (Å²) in [6.07, 6.45) is 3.69. The molecule has 4 rings (SSSR count). The lowest BCUT2D eigenvalue weighted by atomic mass is 10.1. The van der Waals surface area contributed by atoms with Crippen molar-refractivity contribution in [2.75, 3.05) is 19.6 Å². The predicted octanol–water partition coefficient (Wildman–Crippen LogP) is 5.81. The summed E-state index contributed by atoms with van der Waals surface area (Å²) in [7, 11) is 0. The van der Waals surface area contributed by atoms with Gasteiger partial charge in [0.25, 0.3) is 0 Å². The Hall–Kier alpha value is -3.09. The number of benzene rings is 2. The molecule has 0 unspecified atom stereocenters. The largest absolute Gasteiger partial charge is 0.451 e. The number of hydrogen-bond donors (Lipinski definition) is 0. The Morgan fingerprint density at radius 1 is 1.03 bits per heavy atom. The van der Waals surface area contributed by atoms with E-state index in [4.69, 9.17) is 9.47 Å². The molecule has 1 amide bonds. The van der Waals surface area contributed by atoms with Crippen LogP contribution in [-0.4, -0.2) is 47.2 Å². The molecule has 5 nitrogen and oxygen atoms in total. The highest BCUT2D eigenvalue weighted by Crippen LogP contribution is 2.32. The minimum absolute atomic E-state index is 0.259. The van der Waals surface area contributed by atoms with Crippen molar-refractivity contribution in [3.63, 3.8) is 0 Å². The van der Waals surface area contributed by atoms with Gasteiger partial charge in [0.1, 0.15) is 11.4 Å². The Bertz CT molecular complexity index is 995. The van der Waals surface area contributed by atoms with Gasteiger partial charge in [0.05, 0.1) is 0 Å². The molecule has 170 valence electrons. The van der Waals surface area contributed by atoms with Crippen LogP contribution in [0.25, 0.3) is 5.57 Å². The summed E-state index contributed by atoms with van der Waals surface area (Å²) >= 11 is 0. The zero-order chi connectivity index (χ0) is 22.9. The minimum atomic E-state index is -0.736. The molecule has 0 N–H and O–H groups in total. The van der Waals surface area contributed by atoms with Crippen molar-refractivity contribution < 1.29 is 23.0 Å². The smallest absolute Gasteiger partial charge is 0.410 e. The standard InChI is InChI=1S/C25H28F2N2O3/c1-25(2,3)32-24(30)29-14-12-19(16-29)28-13-11-18(15-28)17-7-9-20(10-8-17)31-23-21(26)5-4-6-22(23)27/h4-10,15,19H,11-14,16H2,1-3H3/t19-/m1/s1. The van der Waals surface area contributed by atoms with Crippen LogP contribution in [-0.2, 0) is 4.74 Å². The van der Waals surface area contributed by atoms with E-state index >= 15 is 0 Å². The van der Waals surface area contributed by atoms with E-state index in [9.17, 15) is 13.6 Å². The molecule has 2 aliphatic rings. The number of nitrogens with zero attached hydrogens (tertiary/aromatic N) is 2. The van der Waals surface area contributed by atoms with Crippen LogP contribution in [0.5, 0.6) is 11.5 Å². The number of rotatable bonds is 4. The van der Waals surface area contributed by atoms with E-state index in [0.29, 0.717) is 18.8 Å². The number of amides is 1. The van der Waals surface area contributed by atoms with Gasteiger partial charge in [0.15, 0.2) is 17.4 Å². The zero-order valence-electron chi connectivity index (χ0n) is 18.6. The molecule has 7 heteroatoms. The van der Waals surface area contributed by atoms with Gasteiger partial charge in [-0.05, 0) is 69.0 Å². The van der Waals surface area contributed by atoms with E-state index in [0.717, 1.165) is 37.1 Å². The highest BCUT2D eigenvalue weighted by molar-refractivity contribution is 5.69. The van der Waals surface area contributed by atoms with Crippen molar-refractivity contribution in [2.45, 2.75) is 45.3 Å². The fourth-order valence-corrected chi connectivity index (χ4v) is 4.03. The highest BCUT2D eigenvalue weighted by Gasteiger charge is 2.33. The highest BCUT2D eigenvalue weighted by atomic mass is 19.1. The van der Waals surface area contributed by atoms with E-state index in [-0.39, 0.29) is 12.1 Å². The Kier molecular flexibility index (Phi) is 6.09. The Balaban J connectivity index is 1.38. The number of ether oxygens (including phenoxy) is 2. The molecule has 1 fully saturated rings.